The van der Waals surface area contributed by atoms with Crippen molar-refractivity contribution in [3.63, 3.8) is 0 Å². The molecule has 242 valence electrons. The average molecular weight is 626 g/mol. The van der Waals surface area contributed by atoms with Crippen LogP contribution in [0.15, 0.2) is 44.7 Å². The van der Waals surface area contributed by atoms with E-state index in [2.05, 4.69) is 15.0 Å². The first kappa shape index (κ1) is 31.4. The fourth-order valence-corrected chi connectivity index (χ4v) is 9.27. The molecule has 4 aliphatic carbocycles. The number of aromatic nitrogens is 2. The molecule has 1 aromatic heterocycles. The smallest absolute Gasteiger partial charge is 0.338 e. The number of hydrogen-bond donors (Lipinski definition) is 4. The SMILES string of the molecule is Cc1cn(C2CC(N=[N+]=[N-])C(COC(=O)C(O)C3(O)CCC4C5CCC6=CC(=O)C=CC6(C)C5C(O)CC43C)O2)c(=O)[nH]c1=O. The maximum atomic E-state index is 13.3. The van der Waals surface area contributed by atoms with Gasteiger partial charge in [0.15, 0.2) is 11.9 Å². The van der Waals surface area contributed by atoms with Gasteiger partial charge in [0.25, 0.3) is 5.56 Å². The van der Waals surface area contributed by atoms with Gasteiger partial charge in [-0.15, -0.1) is 0 Å². The Labute approximate surface area is 258 Å². The van der Waals surface area contributed by atoms with Gasteiger partial charge < -0.3 is 24.8 Å². The predicted octanol–water partition coefficient (Wildman–Crippen LogP) is 1.73. The number of nitrogens with zero attached hydrogens (tertiary/aromatic N) is 4. The molecule has 11 unspecified atom stereocenters. The summed E-state index contributed by atoms with van der Waals surface area (Å²) in [5, 5.41) is 38.7. The third-order valence-corrected chi connectivity index (χ3v) is 11.6. The molecule has 1 saturated heterocycles. The van der Waals surface area contributed by atoms with Gasteiger partial charge in [-0.3, -0.25) is 19.1 Å². The minimum absolute atomic E-state index is 0.00406. The van der Waals surface area contributed by atoms with Crippen LogP contribution in [0, 0.1) is 35.5 Å². The Morgan fingerprint density at radius 2 is 2.07 bits per heavy atom. The molecule has 14 heteroatoms. The van der Waals surface area contributed by atoms with Crippen molar-refractivity contribution in [1.82, 2.24) is 9.55 Å². The Bertz CT molecular complexity index is 1640. The summed E-state index contributed by atoms with van der Waals surface area (Å²) in [5.74, 6) is -1.39. The van der Waals surface area contributed by atoms with Crippen LogP contribution in [0.3, 0.4) is 0 Å². The number of aliphatic hydroxyl groups excluding tert-OH is 2. The van der Waals surface area contributed by atoms with Crippen LogP contribution in [0.2, 0.25) is 0 Å². The predicted molar refractivity (Wildman–Crippen MR) is 157 cm³/mol. The Kier molecular flexibility index (Phi) is 7.72. The molecule has 45 heavy (non-hydrogen) atoms. The lowest BCUT2D eigenvalue weighted by atomic mass is 9.46. The van der Waals surface area contributed by atoms with E-state index in [1.165, 1.54) is 17.7 Å². The summed E-state index contributed by atoms with van der Waals surface area (Å²) >= 11 is 0. The van der Waals surface area contributed by atoms with Gasteiger partial charge in [-0.05, 0) is 68.5 Å². The largest absolute Gasteiger partial charge is 0.461 e. The summed E-state index contributed by atoms with van der Waals surface area (Å²) in [7, 11) is 0. The first-order valence-electron chi connectivity index (χ1n) is 15.4. The highest BCUT2D eigenvalue weighted by molar-refractivity contribution is 6.01. The Morgan fingerprint density at radius 1 is 1.31 bits per heavy atom. The number of esters is 1. The van der Waals surface area contributed by atoms with Crippen LogP contribution in [0.4, 0.5) is 0 Å². The van der Waals surface area contributed by atoms with Gasteiger partial charge in [0.1, 0.15) is 24.5 Å². The summed E-state index contributed by atoms with van der Waals surface area (Å²) < 4.78 is 12.5. The minimum Gasteiger partial charge on any atom is -0.461 e. The Balaban J connectivity index is 1.17. The van der Waals surface area contributed by atoms with Crippen LogP contribution in [-0.4, -0.2) is 73.2 Å². The van der Waals surface area contributed by atoms with Crippen molar-refractivity contribution in [3.8, 4) is 0 Å². The highest BCUT2D eigenvalue weighted by Crippen LogP contribution is 2.67. The molecule has 1 aromatic rings. The first-order chi connectivity index (χ1) is 21.2. The van der Waals surface area contributed by atoms with Gasteiger partial charge in [0.2, 0.25) is 0 Å². The molecule has 0 radical (unpaired) electrons. The van der Waals surface area contributed by atoms with Crippen molar-refractivity contribution in [2.24, 2.45) is 33.7 Å². The van der Waals surface area contributed by atoms with E-state index in [1.54, 1.807) is 12.2 Å². The number of rotatable bonds is 6. The standard InChI is InChI=1S/C31H39N5O9/c1-15-13-36(28(42)33-26(15)40)23-11-20(34-35-32)22(45-23)14-44-27(41)25(39)31(43)9-7-19-18-5-4-16-10-17(37)6-8-29(16,2)24(18)21(38)12-30(19,31)3/h6,8,10,13,18-25,38-39,43H,4-5,7,9,11-12,14H2,1-3H3,(H,33,40,42). The third-order valence-electron chi connectivity index (χ3n) is 11.6. The molecule has 4 fully saturated rings. The molecule has 0 aromatic carbocycles. The van der Waals surface area contributed by atoms with Gasteiger partial charge >= 0.3 is 11.7 Å². The van der Waals surface area contributed by atoms with Crippen LogP contribution in [-0.2, 0) is 19.1 Å². The lowest BCUT2D eigenvalue weighted by molar-refractivity contribution is -0.211. The van der Waals surface area contributed by atoms with Crippen molar-refractivity contribution < 1.29 is 34.4 Å². The molecular formula is C31H39N5O9. The van der Waals surface area contributed by atoms with Crippen molar-refractivity contribution in [2.75, 3.05) is 6.61 Å². The number of carbonyl (C=O) groups excluding carboxylic acids is 2. The fourth-order valence-electron chi connectivity index (χ4n) is 9.27. The van der Waals surface area contributed by atoms with Crippen molar-refractivity contribution in [1.29, 1.82) is 0 Å². The number of aromatic amines is 1. The number of H-pyrrole nitrogens is 1. The van der Waals surface area contributed by atoms with E-state index < -0.39 is 70.8 Å². The molecule has 4 N–H and O–H groups in total. The Hall–Kier alpha value is -3.55. The number of carbonyl (C=O) groups is 2. The van der Waals surface area contributed by atoms with E-state index in [9.17, 15) is 34.5 Å². The summed E-state index contributed by atoms with van der Waals surface area (Å²) in [6, 6.07) is -0.818. The van der Waals surface area contributed by atoms with Gasteiger partial charge in [-0.2, -0.15) is 0 Å². The van der Waals surface area contributed by atoms with Crippen molar-refractivity contribution in [3.05, 3.63) is 66.8 Å². The molecule has 3 saturated carbocycles. The van der Waals surface area contributed by atoms with Crippen LogP contribution in [0.1, 0.15) is 64.2 Å². The number of allylic oxidation sites excluding steroid dienone is 4. The van der Waals surface area contributed by atoms with E-state index in [-0.39, 0.29) is 48.4 Å². The maximum absolute atomic E-state index is 13.3. The first-order valence-corrected chi connectivity index (χ1v) is 15.4. The van der Waals surface area contributed by atoms with Crippen LogP contribution < -0.4 is 11.2 Å². The lowest BCUT2D eigenvalue weighted by Gasteiger charge is -2.60. The second-order valence-electron chi connectivity index (χ2n) is 13.8. The fraction of sp³-hybridized carbons (Fsp3) is 0.677. The van der Waals surface area contributed by atoms with Gasteiger partial charge in [-0.25, -0.2) is 9.59 Å². The van der Waals surface area contributed by atoms with Gasteiger partial charge in [-0.1, -0.05) is 30.6 Å². The van der Waals surface area contributed by atoms with E-state index in [4.69, 9.17) is 15.0 Å². The molecule has 0 bridgehead atoms. The maximum Gasteiger partial charge on any atom is 0.338 e. The van der Waals surface area contributed by atoms with Crippen LogP contribution >= 0.6 is 0 Å². The molecule has 11 atom stereocenters. The number of fused-ring (bicyclic) bond motifs is 5. The second-order valence-corrected chi connectivity index (χ2v) is 13.8. The van der Waals surface area contributed by atoms with Gasteiger partial charge in [0, 0.05) is 39.8 Å². The molecule has 5 aliphatic rings. The quantitative estimate of drug-likeness (QED) is 0.156. The number of ketones is 1. The van der Waals surface area contributed by atoms with E-state index >= 15 is 0 Å². The zero-order valence-electron chi connectivity index (χ0n) is 25.5. The monoisotopic (exact) mass is 625 g/mol. The number of aliphatic hydroxyl groups is 3. The molecule has 0 amide bonds. The van der Waals surface area contributed by atoms with E-state index in [0.29, 0.717) is 12.8 Å². The molecule has 1 aliphatic heterocycles. The highest BCUT2D eigenvalue weighted by Gasteiger charge is 2.69. The van der Waals surface area contributed by atoms with Gasteiger partial charge in [0.05, 0.1) is 12.1 Å². The number of aryl methyl sites for hydroxylation is 1. The van der Waals surface area contributed by atoms with Crippen molar-refractivity contribution >= 4 is 11.8 Å². The molecule has 0 spiro atoms. The normalized spacial score (nSPS) is 40.9. The second kappa shape index (κ2) is 11.1. The summed E-state index contributed by atoms with van der Waals surface area (Å²) in [5.41, 5.74) is 5.75. The molecule has 6 rings (SSSR count). The zero-order valence-corrected chi connectivity index (χ0v) is 25.5. The van der Waals surface area contributed by atoms with Crippen molar-refractivity contribution in [2.45, 2.75) is 95.5 Å². The van der Waals surface area contributed by atoms with E-state index in [1.807, 2.05) is 19.9 Å². The van der Waals surface area contributed by atoms with Crippen LogP contribution in [0.5, 0.6) is 0 Å². The number of azide groups is 1. The van der Waals surface area contributed by atoms with E-state index in [0.717, 1.165) is 12.0 Å². The topological polar surface area (TPSA) is 217 Å². The summed E-state index contributed by atoms with van der Waals surface area (Å²) in [4.78, 5) is 54.6. The highest BCUT2D eigenvalue weighted by atomic mass is 16.6. The number of hydrogen-bond acceptors (Lipinski definition) is 10. The molecule has 14 nitrogen and oxygen atoms in total. The summed E-state index contributed by atoms with van der Waals surface area (Å²) in [6.45, 7) is 4.97. The zero-order chi connectivity index (χ0) is 32.5. The molecule has 2 heterocycles. The average Bonchev–Trinajstić information content (AvgIpc) is 3.51. The minimum atomic E-state index is -1.92. The lowest BCUT2D eigenvalue weighted by Crippen LogP contribution is -2.63. The number of ether oxygens (including phenoxy) is 2. The summed E-state index contributed by atoms with van der Waals surface area (Å²) in [6.07, 6.45) is 4.15. The number of nitrogens with one attached hydrogen (secondary N) is 1. The Morgan fingerprint density at radius 3 is 2.80 bits per heavy atom. The third kappa shape index (κ3) is 4.81. The van der Waals surface area contributed by atoms with Crippen LogP contribution in [0.25, 0.3) is 10.4 Å². The molecular weight excluding hydrogens is 586 g/mol.